The van der Waals surface area contributed by atoms with Crippen LogP contribution < -0.4 is 0 Å². The summed E-state index contributed by atoms with van der Waals surface area (Å²) in [6.07, 6.45) is 21.5. The molecule has 0 saturated carbocycles. The predicted molar refractivity (Wildman–Crippen MR) is 119 cm³/mol. The zero-order valence-corrected chi connectivity index (χ0v) is 19.0. The first-order valence-electron chi connectivity index (χ1n) is 11.7. The van der Waals surface area contributed by atoms with Crippen molar-refractivity contribution in [3.05, 3.63) is 12.7 Å². The van der Waals surface area contributed by atoms with Crippen molar-refractivity contribution in [2.45, 2.75) is 124 Å². The maximum Gasteiger partial charge on any atom is 0.330 e. The molecular weight excluding hydrogens is 332 g/mol. The third-order valence-electron chi connectivity index (χ3n) is 5.74. The van der Waals surface area contributed by atoms with Gasteiger partial charge >= 0.3 is 5.97 Å². The Kier molecular flexibility index (Phi) is 16.8. The van der Waals surface area contributed by atoms with Crippen LogP contribution in [0.25, 0.3) is 0 Å². The first kappa shape index (κ1) is 26.2. The van der Waals surface area contributed by atoms with E-state index in [1.165, 1.54) is 89.5 Å². The fraction of sp³-hybridized carbons (Fsp3) is 0.880. The lowest BCUT2D eigenvalue weighted by Crippen LogP contribution is -2.21. The molecule has 0 rings (SSSR count). The molecule has 0 aromatic heterocycles. The number of ether oxygens (including phenoxy) is 1. The number of hydrogen-bond donors (Lipinski definition) is 0. The summed E-state index contributed by atoms with van der Waals surface area (Å²) in [5.74, 6) is 0.409. The molecule has 1 atom stereocenters. The van der Waals surface area contributed by atoms with Crippen LogP contribution in [-0.2, 0) is 9.53 Å². The maximum atomic E-state index is 11.1. The van der Waals surface area contributed by atoms with Gasteiger partial charge in [0, 0.05) is 6.08 Å². The lowest BCUT2D eigenvalue weighted by molar-refractivity contribution is -0.137. The van der Waals surface area contributed by atoms with Crippen LogP contribution in [0, 0.1) is 11.3 Å². The first-order valence-corrected chi connectivity index (χ1v) is 11.7. The maximum absolute atomic E-state index is 11.1. The molecule has 0 amide bonds. The molecule has 0 saturated heterocycles. The fourth-order valence-corrected chi connectivity index (χ4v) is 3.80. The van der Waals surface area contributed by atoms with Crippen LogP contribution in [-0.4, -0.2) is 12.6 Å². The molecule has 0 aliphatic heterocycles. The van der Waals surface area contributed by atoms with E-state index in [4.69, 9.17) is 4.74 Å². The summed E-state index contributed by atoms with van der Waals surface area (Å²) in [5.41, 5.74) is 0.334. The van der Waals surface area contributed by atoms with Gasteiger partial charge in [0.2, 0.25) is 0 Å². The van der Waals surface area contributed by atoms with Gasteiger partial charge in [0.1, 0.15) is 0 Å². The minimum absolute atomic E-state index is 0.303. The second kappa shape index (κ2) is 17.3. The van der Waals surface area contributed by atoms with Gasteiger partial charge in [0.05, 0.1) is 6.61 Å². The van der Waals surface area contributed by atoms with E-state index in [9.17, 15) is 4.79 Å². The van der Waals surface area contributed by atoms with Crippen molar-refractivity contribution in [2.75, 3.05) is 6.61 Å². The van der Waals surface area contributed by atoms with Crippen LogP contribution >= 0.6 is 0 Å². The summed E-state index contributed by atoms with van der Waals surface area (Å²) in [6, 6.07) is 0. The summed E-state index contributed by atoms with van der Waals surface area (Å²) >= 11 is 0. The minimum Gasteiger partial charge on any atom is -0.463 e. The average molecular weight is 381 g/mol. The largest absolute Gasteiger partial charge is 0.463 e. The molecule has 160 valence electrons. The van der Waals surface area contributed by atoms with Gasteiger partial charge in [-0.3, -0.25) is 0 Å². The highest BCUT2D eigenvalue weighted by molar-refractivity contribution is 5.81. The second-order valence-corrected chi connectivity index (χ2v) is 9.25. The molecule has 0 bridgehead atoms. The number of rotatable bonds is 18. The van der Waals surface area contributed by atoms with Crippen molar-refractivity contribution in [1.29, 1.82) is 0 Å². The third-order valence-corrected chi connectivity index (χ3v) is 5.74. The van der Waals surface area contributed by atoms with Crippen LogP contribution in [0.2, 0.25) is 0 Å². The van der Waals surface area contributed by atoms with Gasteiger partial charge in [0.25, 0.3) is 0 Å². The highest BCUT2D eigenvalue weighted by Gasteiger charge is 2.23. The van der Waals surface area contributed by atoms with Gasteiger partial charge in [-0.2, -0.15) is 0 Å². The molecule has 27 heavy (non-hydrogen) atoms. The molecular formula is C25H48O2. The minimum atomic E-state index is -0.303. The average Bonchev–Trinajstić information content (AvgIpc) is 2.62. The van der Waals surface area contributed by atoms with Gasteiger partial charge in [-0.05, 0) is 30.6 Å². The van der Waals surface area contributed by atoms with Crippen LogP contribution in [0.5, 0.6) is 0 Å². The summed E-state index contributed by atoms with van der Waals surface area (Å²) in [5, 5.41) is 0. The molecule has 0 fully saturated rings. The van der Waals surface area contributed by atoms with Crippen molar-refractivity contribution in [1.82, 2.24) is 0 Å². The Morgan fingerprint density at radius 3 is 1.70 bits per heavy atom. The molecule has 0 aliphatic rings. The van der Waals surface area contributed by atoms with Crippen molar-refractivity contribution in [2.24, 2.45) is 11.3 Å². The molecule has 0 heterocycles. The van der Waals surface area contributed by atoms with Crippen molar-refractivity contribution in [3.8, 4) is 0 Å². The number of unbranched alkanes of at least 4 members (excludes halogenated alkanes) is 11. The Morgan fingerprint density at radius 2 is 1.26 bits per heavy atom. The Morgan fingerprint density at radius 1 is 0.815 bits per heavy atom. The molecule has 0 aliphatic carbocycles. The number of carbonyl (C=O) groups excluding carboxylic acids is 1. The number of hydrogen-bond acceptors (Lipinski definition) is 2. The van der Waals surface area contributed by atoms with Gasteiger partial charge in [0.15, 0.2) is 0 Å². The molecule has 1 unspecified atom stereocenters. The molecule has 0 N–H and O–H groups in total. The van der Waals surface area contributed by atoms with E-state index in [1.54, 1.807) is 0 Å². The van der Waals surface area contributed by atoms with Crippen molar-refractivity contribution >= 4 is 5.97 Å². The van der Waals surface area contributed by atoms with E-state index in [2.05, 4.69) is 34.3 Å². The molecule has 0 aromatic rings. The number of esters is 1. The van der Waals surface area contributed by atoms with Crippen LogP contribution in [0.4, 0.5) is 0 Å². The second-order valence-electron chi connectivity index (χ2n) is 9.25. The smallest absolute Gasteiger partial charge is 0.330 e. The SMILES string of the molecule is C=CC(=O)OCCCC(CCCCCCCCCCCCCC)C(C)(C)C. The van der Waals surface area contributed by atoms with E-state index in [1.807, 2.05) is 0 Å². The molecule has 2 nitrogen and oxygen atoms in total. The monoisotopic (exact) mass is 380 g/mol. The van der Waals surface area contributed by atoms with Crippen molar-refractivity contribution in [3.63, 3.8) is 0 Å². The Labute approximate surface area is 170 Å². The predicted octanol–water partition coefficient (Wildman–Crippen LogP) is 8.25. The van der Waals surface area contributed by atoms with Gasteiger partial charge < -0.3 is 4.74 Å². The van der Waals surface area contributed by atoms with E-state index in [0.29, 0.717) is 17.9 Å². The molecule has 0 aromatic carbocycles. The zero-order valence-electron chi connectivity index (χ0n) is 19.0. The Balaban J connectivity index is 3.65. The fourth-order valence-electron chi connectivity index (χ4n) is 3.80. The van der Waals surface area contributed by atoms with Gasteiger partial charge in [-0.25, -0.2) is 4.79 Å². The van der Waals surface area contributed by atoms with Crippen LogP contribution in [0.3, 0.4) is 0 Å². The summed E-state index contributed by atoms with van der Waals surface area (Å²) < 4.78 is 5.11. The quantitative estimate of drug-likeness (QED) is 0.136. The van der Waals surface area contributed by atoms with E-state index >= 15 is 0 Å². The van der Waals surface area contributed by atoms with Crippen LogP contribution in [0.15, 0.2) is 12.7 Å². The summed E-state index contributed by atoms with van der Waals surface area (Å²) in [4.78, 5) is 11.1. The van der Waals surface area contributed by atoms with Gasteiger partial charge in [-0.1, -0.05) is 111 Å². The topological polar surface area (TPSA) is 26.3 Å². The lowest BCUT2D eigenvalue weighted by Gasteiger charge is -2.31. The first-order chi connectivity index (χ1) is 12.9. The van der Waals surface area contributed by atoms with Crippen molar-refractivity contribution < 1.29 is 9.53 Å². The zero-order chi connectivity index (χ0) is 20.4. The summed E-state index contributed by atoms with van der Waals surface area (Å²) in [7, 11) is 0. The number of carbonyl (C=O) groups is 1. The third kappa shape index (κ3) is 17.1. The van der Waals surface area contributed by atoms with E-state index in [-0.39, 0.29) is 5.97 Å². The molecule has 2 heteroatoms. The Hall–Kier alpha value is -0.790. The standard InChI is InChI=1S/C25H48O2/c1-6-8-9-10-11-12-13-14-15-16-17-18-20-23(25(3,4)5)21-19-22-27-24(26)7-2/h7,23H,2,6,8-22H2,1,3-5H3. The highest BCUT2D eigenvalue weighted by atomic mass is 16.5. The normalized spacial score (nSPS) is 12.7. The molecule has 0 radical (unpaired) electrons. The Bertz CT molecular complexity index is 354. The summed E-state index contributed by atoms with van der Waals surface area (Å²) in [6.45, 7) is 13.3. The van der Waals surface area contributed by atoms with Crippen LogP contribution in [0.1, 0.15) is 124 Å². The lowest BCUT2D eigenvalue weighted by atomic mass is 9.75. The molecule has 0 spiro atoms. The highest BCUT2D eigenvalue weighted by Crippen LogP contribution is 2.34. The van der Waals surface area contributed by atoms with E-state index in [0.717, 1.165) is 12.8 Å². The van der Waals surface area contributed by atoms with E-state index < -0.39 is 0 Å². The van der Waals surface area contributed by atoms with Gasteiger partial charge in [-0.15, -0.1) is 0 Å².